The van der Waals surface area contributed by atoms with Crippen LogP contribution in [0.15, 0.2) is 12.4 Å². The predicted octanol–water partition coefficient (Wildman–Crippen LogP) is 3.58. The van der Waals surface area contributed by atoms with Gasteiger partial charge in [0.15, 0.2) is 0 Å². The molecule has 0 amide bonds. The molecule has 0 aliphatic carbocycles. The van der Waals surface area contributed by atoms with E-state index >= 15 is 0 Å². The van der Waals surface area contributed by atoms with Crippen LogP contribution in [0.3, 0.4) is 0 Å². The van der Waals surface area contributed by atoms with Gasteiger partial charge in [-0.2, -0.15) is 0 Å². The van der Waals surface area contributed by atoms with Gasteiger partial charge >= 0.3 is 0 Å². The molecule has 0 saturated carbocycles. The van der Waals surface area contributed by atoms with Crippen LogP contribution in [0.25, 0.3) is 0 Å². The lowest BCUT2D eigenvalue weighted by Crippen LogP contribution is -2.43. The molecule has 20 heavy (non-hydrogen) atoms. The van der Waals surface area contributed by atoms with Crippen LogP contribution in [0, 0.1) is 0 Å². The lowest BCUT2D eigenvalue weighted by Gasteiger charge is -2.40. The molecular weight excluding hydrogens is 250 g/mol. The van der Waals surface area contributed by atoms with E-state index in [1.807, 2.05) is 0 Å². The number of hydrogen-bond acceptors (Lipinski definition) is 4. The summed E-state index contributed by atoms with van der Waals surface area (Å²) in [5.41, 5.74) is 1.17. The molecule has 1 atom stereocenters. The van der Waals surface area contributed by atoms with Gasteiger partial charge in [0.05, 0.1) is 5.60 Å². The third-order valence-electron chi connectivity index (χ3n) is 4.36. The highest BCUT2D eigenvalue weighted by molar-refractivity contribution is 5.36. The monoisotopic (exact) mass is 277 g/mol. The van der Waals surface area contributed by atoms with E-state index in [0.29, 0.717) is 6.04 Å². The Bertz CT molecular complexity index is 418. The second kappa shape index (κ2) is 7.02. The number of hydrogen-bond donors (Lipinski definition) is 1. The van der Waals surface area contributed by atoms with E-state index in [1.165, 1.54) is 0 Å². The van der Waals surface area contributed by atoms with Crippen LogP contribution >= 0.6 is 0 Å². The fourth-order valence-electron chi connectivity index (χ4n) is 2.97. The summed E-state index contributed by atoms with van der Waals surface area (Å²) >= 11 is 0. The van der Waals surface area contributed by atoms with Crippen LogP contribution in [0.5, 0.6) is 0 Å². The molecule has 0 spiro atoms. The third kappa shape index (κ3) is 3.69. The van der Waals surface area contributed by atoms with Crippen LogP contribution in [-0.2, 0) is 11.2 Å². The molecule has 0 aromatic carbocycles. The molecule has 1 aromatic rings. The third-order valence-corrected chi connectivity index (χ3v) is 4.36. The quantitative estimate of drug-likeness (QED) is 0.863. The van der Waals surface area contributed by atoms with Crippen molar-refractivity contribution in [3.8, 4) is 0 Å². The van der Waals surface area contributed by atoms with Gasteiger partial charge in [0, 0.05) is 24.4 Å². The van der Waals surface area contributed by atoms with Gasteiger partial charge in [0.1, 0.15) is 12.1 Å². The van der Waals surface area contributed by atoms with E-state index < -0.39 is 0 Å². The Labute approximate surface area is 122 Å². The van der Waals surface area contributed by atoms with Crippen LogP contribution < -0.4 is 5.32 Å². The predicted molar refractivity (Wildman–Crippen MR) is 81.9 cm³/mol. The summed E-state index contributed by atoms with van der Waals surface area (Å²) in [6.45, 7) is 7.45. The van der Waals surface area contributed by atoms with Gasteiger partial charge in [-0.25, -0.2) is 9.97 Å². The number of aryl methyl sites for hydroxylation is 1. The molecule has 2 rings (SSSR count). The first kappa shape index (κ1) is 15.2. The van der Waals surface area contributed by atoms with E-state index in [4.69, 9.17) is 4.74 Å². The first-order valence-corrected chi connectivity index (χ1v) is 7.92. The van der Waals surface area contributed by atoms with Gasteiger partial charge in [-0.05, 0) is 32.1 Å². The van der Waals surface area contributed by atoms with Crippen LogP contribution in [0.2, 0.25) is 0 Å². The Morgan fingerprint density at radius 1 is 1.30 bits per heavy atom. The molecule has 1 aliphatic heterocycles. The lowest BCUT2D eigenvalue weighted by molar-refractivity contribution is -0.0864. The van der Waals surface area contributed by atoms with Crippen molar-refractivity contribution >= 4 is 5.82 Å². The van der Waals surface area contributed by atoms with Gasteiger partial charge in [0.2, 0.25) is 0 Å². The van der Waals surface area contributed by atoms with E-state index in [2.05, 4.69) is 42.1 Å². The van der Waals surface area contributed by atoms with E-state index in [9.17, 15) is 0 Å². The van der Waals surface area contributed by atoms with E-state index in [1.54, 1.807) is 6.33 Å². The minimum absolute atomic E-state index is 0.0508. The highest BCUT2D eigenvalue weighted by atomic mass is 16.5. The van der Waals surface area contributed by atoms with Crippen molar-refractivity contribution in [2.45, 2.75) is 70.9 Å². The Hall–Kier alpha value is -1.16. The molecule has 1 saturated heterocycles. The van der Waals surface area contributed by atoms with Crippen molar-refractivity contribution in [1.29, 1.82) is 0 Å². The van der Waals surface area contributed by atoms with Crippen LogP contribution in [-0.4, -0.2) is 28.2 Å². The van der Waals surface area contributed by atoms with Gasteiger partial charge in [-0.3, -0.25) is 0 Å². The number of ether oxygens (including phenoxy) is 1. The highest BCUT2D eigenvalue weighted by Gasteiger charge is 2.34. The molecular formula is C16H27N3O. The van der Waals surface area contributed by atoms with Crippen LogP contribution in [0.1, 0.15) is 58.6 Å². The molecule has 1 aromatic heterocycles. The lowest BCUT2D eigenvalue weighted by atomic mass is 9.86. The summed E-state index contributed by atoms with van der Waals surface area (Å²) in [7, 11) is 0. The Morgan fingerprint density at radius 2 is 2.10 bits per heavy atom. The second-order valence-corrected chi connectivity index (χ2v) is 5.72. The van der Waals surface area contributed by atoms with Gasteiger partial charge in [-0.1, -0.05) is 27.2 Å². The highest BCUT2D eigenvalue weighted by Crippen LogP contribution is 2.32. The summed E-state index contributed by atoms with van der Waals surface area (Å²) in [4.78, 5) is 8.66. The average molecular weight is 277 g/mol. The molecule has 1 fully saturated rings. The maximum atomic E-state index is 6.02. The van der Waals surface area contributed by atoms with Crippen LogP contribution in [0.4, 0.5) is 5.82 Å². The summed E-state index contributed by atoms with van der Waals surface area (Å²) in [6, 6.07) is 2.53. The maximum absolute atomic E-state index is 6.02. The van der Waals surface area contributed by atoms with Crippen molar-refractivity contribution in [3.63, 3.8) is 0 Å². The number of nitrogens with zero attached hydrogens (tertiary/aromatic N) is 2. The van der Waals surface area contributed by atoms with Gasteiger partial charge < -0.3 is 10.1 Å². The van der Waals surface area contributed by atoms with Crippen molar-refractivity contribution in [2.75, 3.05) is 11.9 Å². The summed E-state index contributed by atoms with van der Waals surface area (Å²) in [5, 5.41) is 3.57. The number of rotatable bonds is 6. The molecule has 4 heteroatoms. The maximum Gasteiger partial charge on any atom is 0.129 e. The summed E-state index contributed by atoms with van der Waals surface area (Å²) < 4.78 is 6.02. The Balaban J connectivity index is 2.00. The zero-order valence-electron chi connectivity index (χ0n) is 13.0. The van der Waals surface area contributed by atoms with Crippen molar-refractivity contribution in [2.24, 2.45) is 0 Å². The topological polar surface area (TPSA) is 47.0 Å². The van der Waals surface area contributed by atoms with Crippen molar-refractivity contribution in [1.82, 2.24) is 9.97 Å². The van der Waals surface area contributed by atoms with Crippen molar-refractivity contribution < 1.29 is 4.74 Å². The molecule has 0 bridgehead atoms. The molecule has 0 radical (unpaired) electrons. The Kier molecular flexibility index (Phi) is 5.35. The molecule has 1 unspecified atom stereocenters. The molecule has 4 nitrogen and oxygen atoms in total. The minimum Gasteiger partial charge on any atom is -0.375 e. The van der Waals surface area contributed by atoms with Gasteiger partial charge in [-0.15, -0.1) is 0 Å². The fourth-order valence-corrected chi connectivity index (χ4v) is 2.97. The molecule has 112 valence electrons. The SMILES string of the molecule is CCCc1cc(NC2CCOC(CC)(CC)C2)ncn1. The largest absolute Gasteiger partial charge is 0.375 e. The standard InChI is InChI=1S/C16H27N3O/c1-4-7-13-10-15(18-12-17-13)19-14-8-9-20-16(5-2,6-3)11-14/h10,12,14H,4-9,11H2,1-3H3,(H,17,18,19). The number of nitrogens with one attached hydrogen (secondary N) is 1. The first-order chi connectivity index (χ1) is 9.71. The van der Waals surface area contributed by atoms with Gasteiger partial charge in [0.25, 0.3) is 0 Å². The fraction of sp³-hybridized carbons (Fsp3) is 0.750. The average Bonchev–Trinajstić information content (AvgIpc) is 2.48. The second-order valence-electron chi connectivity index (χ2n) is 5.72. The van der Waals surface area contributed by atoms with E-state index in [-0.39, 0.29) is 5.60 Å². The summed E-state index contributed by atoms with van der Waals surface area (Å²) in [6.07, 6.45) is 8.06. The van der Waals surface area contributed by atoms with Crippen molar-refractivity contribution in [3.05, 3.63) is 18.1 Å². The first-order valence-electron chi connectivity index (χ1n) is 7.92. The minimum atomic E-state index is 0.0508. The molecule has 2 heterocycles. The smallest absolute Gasteiger partial charge is 0.129 e. The zero-order chi connectivity index (χ0) is 14.4. The van der Waals surface area contributed by atoms with E-state index in [0.717, 1.165) is 56.6 Å². The molecule has 1 aliphatic rings. The number of anilines is 1. The number of aromatic nitrogens is 2. The normalized spacial score (nSPS) is 21.6. The summed E-state index contributed by atoms with van der Waals surface area (Å²) in [5.74, 6) is 0.955. The zero-order valence-corrected chi connectivity index (χ0v) is 13.0. The Morgan fingerprint density at radius 3 is 2.80 bits per heavy atom. The molecule has 1 N–H and O–H groups in total.